The van der Waals surface area contributed by atoms with E-state index in [1.165, 1.54) is 0 Å². The molecule has 1 nitrogen and oxygen atoms in total. The van der Waals surface area contributed by atoms with E-state index in [0.717, 1.165) is 0 Å². The third kappa shape index (κ3) is 3.75. The topological polar surface area (TPSA) is 23.1 Å². The van der Waals surface area contributed by atoms with Gasteiger partial charge >= 0.3 is 6.18 Å². The molecule has 0 bridgehead atoms. The van der Waals surface area contributed by atoms with Crippen molar-refractivity contribution in [2.45, 2.75) is 6.18 Å². The van der Waals surface area contributed by atoms with Gasteiger partial charge in [0.05, 0.1) is 0 Å². The Balaban J connectivity index is 3.54. The summed E-state index contributed by atoms with van der Waals surface area (Å²) in [6, 6.07) is 0. The number of halogens is 3. The maximum Gasteiger partial charge on any atom is 0.374 e. The molecule has 1 unspecified atom stereocenters. The Hall–Kier alpha value is -0.250. The Kier molecular flexibility index (Phi) is 0.959. The van der Waals surface area contributed by atoms with Crippen molar-refractivity contribution in [2.24, 2.45) is 0 Å². The Morgan fingerprint density at radius 3 is 1.83 bits per heavy atom. The second-order valence-electron chi connectivity index (χ2n) is 0.659. The lowest BCUT2D eigenvalue weighted by Gasteiger charge is -2.06. The van der Waals surface area contributed by atoms with Crippen LogP contribution in [0.4, 0.5) is 13.2 Å². The second kappa shape index (κ2) is 1.47. The van der Waals surface area contributed by atoms with Gasteiger partial charge in [0.15, 0.2) is 0 Å². The van der Waals surface area contributed by atoms with E-state index < -0.39 is 12.8 Å². The molecule has 0 amide bonds. The molecule has 0 spiro atoms. The summed E-state index contributed by atoms with van der Waals surface area (Å²) in [5, 5.41) is 9.09. The molecular weight excluding hydrogens is 97.0 g/mol. The maximum absolute atomic E-state index is 10.7. The zero-order chi connectivity index (χ0) is 6.08. The molecule has 6 heavy (non-hydrogen) atoms. The highest BCUT2D eigenvalue weighted by Crippen LogP contribution is 2.09. The average molecular weight is 100 g/mol. The van der Waals surface area contributed by atoms with Gasteiger partial charge in [0.25, 0.3) is 0 Å². The summed E-state index contributed by atoms with van der Waals surface area (Å²) >= 11 is 0. The highest BCUT2D eigenvalue weighted by molar-refractivity contribution is 4.37. The number of alkyl halides is 3. The van der Waals surface area contributed by atoms with Gasteiger partial charge in [-0.25, -0.2) is 0 Å². The van der Waals surface area contributed by atoms with E-state index in [2.05, 4.69) is 0 Å². The SMILES string of the molecule is [2H]C([O-])C(F)(F)F. The van der Waals surface area contributed by atoms with Gasteiger partial charge in [-0.2, -0.15) is 13.2 Å². The van der Waals surface area contributed by atoms with Crippen LogP contribution in [0.1, 0.15) is 1.37 Å². The number of rotatable bonds is 0. The molecule has 4 heteroatoms. The lowest BCUT2D eigenvalue weighted by molar-refractivity contribution is -0.426. The molecule has 0 rings (SSSR count). The quantitative estimate of drug-likeness (QED) is 0.417. The van der Waals surface area contributed by atoms with E-state index in [1.54, 1.807) is 0 Å². The van der Waals surface area contributed by atoms with Crippen molar-refractivity contribution in [1.29, 1.82) is 0 Å². The van der Waals surface area contributed by atoms with Gasteiger partial charge in [0.2, 0.25) is 0 Å². The minimum atomic E-state index is -4.89. The van der Waals surface area contributed by atoms with E-state index in [9.17, 15) is 13.2 Å². The molecule has 0 aliphatic rings. The van der Waals surface area contributed by atoms with Crippen molar-refractivity contribution in [3.63, 3.8) is 0 Å². The lowest BCUT2D eigenvalue weighted by Crippen LogP contribution is -2.24. The van der Waals surface area contributed by atoms with E-state index in [-0.39, 0.29) is 0 Å². The summed E-state index contributed by atoms with van der Waals surface area (Å²) in [6.45, 7) is -3.20. The molecule has 0 N–H and O–H groups in total. The smallest absolute Gasteiger partial charge is 0.374 e. The van der Waals surface area contributed by atoms with Crippen LogP contribution >= 0.6 is 0 Å². The number of hydrogen-bond acceptors (Lipinski definition) is 1. The standard InChI is InChI=1S/C2H2F3O/c3-2(4,5)1-6/h1H2/q-1/i1D. The minimum absolute atomic E-state index is 3.20. The maximum atomic E-state index is 10.7. The predicted octanol–water partition coefficient (Wildman–Crippen LogP) is -0.0910. The molecule has 0 aromatic rings. The van der Waals surface area contributed by atoms with Gasteiger partial charge in [0.1, 0.15) is 0 Å². The second-order valence-corrected chi connectivity index (χ2v) is 0.659. The average Bonchev–Trinajstić information content (AvgIpc) is 1.31. The van der Waals surface area contributed by atoms with Crippen molar-refractivity contribution >= 4 is 0 Å². The zero-order valence-electron chi connectivity index (χ0n) is 3.62. The molecule has 0 aliphatic carbocycles. The van der Waals surface area contributed by atoms with Gasteiger partial charge in [-0.05, 0) is 6.58 Å². The first-order valence-electron chi connectivity index (χ1n) is 1.67. The van der Waals surface area contributed by atoms with Crippen LogP contribution in [0, 0.1) is 0 Å². The first-order chi connectivity index (χ1) is 2.94. The molecule has 1 atom stereocenters. The summed E-state index contributed by atoms with van der Waals surface area (Å²) in [5.41, 5.74) is 0. The van der Waals surface area contributed by atoms with Crippen LogP contribution in [0.2, 0.25) is 0 Å². The molecule has 0 fully saturated rings. The van der Waals surface area contributed by atoms with Crippen LogP contribution in [0.3, 0.4) is 0 Å². The minimum Gasteiger partial charge on any atom is -0.848 e. The van der Waals surface area contributed by atoms with E-state index in [1.807, 2.05) is 0 Å². The fourth-order valence-corrected chi connectivity index (χ4v) is 0. The van der Waals surface area contributed by atoms with Gasteiger partial charge < -0.3 is 5.11 Å². The molecule has 0 heterocycles. The van der Waals surface area contributed by atoms with E-state index >= 15 is 0 Å². The van der Waals surface area contributed by atoms with Crippen LogP contribution in [0.25, 0.3) is 0 Å². The fourth-order valence-electron chi connectivity index (χ4n) is 0. The summed E-state index contributed by atoms with van der Waals surface area (Å²) in [7, 11) is 0. The molecule has 0 saturated carbocycles. The number of hydrogen-bond donors (Lipinski definition) is 0. The first-order valence-corrected chi connectivity index (χ1v) is 1.09. The van der Waals surface area contributed by atoms with Gasteiger partial charge in [0, 0.05) is 1.37 Å². The van der Waals surface area contributed by atoms with Gasteiger partial charge in [-0.15, -0.1) is 0 Å². The molecule has 0 radical (unpaired) electrons. The Bertz CT molecular complexity index is 58.4. The lowest BCUT2D eigenvalue weighted by atomic mass is 10.7. The predicted molar refractivity (Wildman–Crippen MR) is 10.9 cm³/mol. The monoisotopic (exact) mass is 100 g/mol. The summed E-state index contributed by atoms with van der Waals surface area (Å²) in [5.74, 6) is 0. The largest absolute Gasteiger partial charge is 0.848 e. The van der Waals surface area contributed by atoms with Crippen molar-refractivity contribution in [1.82, 2.24) is 0 Å². The Morgan fingerprint density at radius 2 is 1.83 bits per heavy atom. The van der Waals surface area contributed by atoms with Crippen molar-refractivity contribution in [2.75, 3.05) is 6.58 Å². The molecule has 0 saturated heterocycles. The van der Waals surface area contributed by atoms with Gasteiger partial charge in [-0.1, -0.05) is 0 Å². The van der Waals surface area contributed by atoms with Crippen molar-refractivity contribution < 1.29 is 19.6 Å². The first kappa shape index (κ1) is 3.92. The molecular formula is C2H2F3O-. The highest BCUT2D eigenvalue weighted by Gasteiger charge is 2.18. The normalized spacial score (nSPS) is 19.7. The molecule has 0 aliphatic heterocycles. The van der Waals surface area contributed by atoms with Crippen molar-refractivity contribution in [3.8, 4) is 0 Å². The molecule has 38 valence electrons. The summed E-state index contributed by atoms with van der Waals surface area (Å²) in [4.78, 5) is 0. The molecule has 0 aromatic carbocycles. The highest BCUT2D eigenvalue weighted by atomic mass is 19.4. The summed E-state index contributed by atoms with van der Waals surface area (Å²) in [6.07, 6.45) is -4.89. The summed E-state index contributed by atoms with van der Waals surface area (Å²) < 4.78 is 37.6. The van der Waals surface area contributed by atoms with E-state index in [0.29, 0.717) is 0 Å². The molecule has 0 aromatic heterocycles. The Morgan fingerprint density at radius 1 is 1.67 bits per heavy atom. The van der Waals surface area contributed by atoms with E-state index in [4.69, 9.17) is 6.48 Å². The van der Waals surface area contributed by atoms with Crippen LogP contribution in [0.15, 0.2) is 0 Å². The fraction of sp³-hybridized carbons (Fsp3) is 1.00. The van der Waals surface area contributed by atoms with Crippen molar-refractivity contribution in [3.05, 3.63) is 0 Å². The Labute approximate surface area is 33.8 Å². The van der Waals surface area contributed by atoms with Crippen LogP contribution in [-0.4, -0.2) is 12.8 Å². The zero-order valence-corrected chi connectivity index (χ0v) is 2.62. The van der Waals surface area contributed by atoms with Crippen LogP contribution in [-0.2, 0) is 0 Å². The van der Waals surface area contributed by atoms with Gasteiger partial charge in [-0.3, -0.25) is 0 Å². The van der Waals surface area contributed by atoms with Crippen LogP contribution in [0.5, 0.6) is 0 Å². The third-order valence-corrected chi connectivity index (χ3v) is 0.134. The third-order valence-electron chi connectivity index (χ3n) is 0.134. The van der Waals surface area contributed by atoms with Crippen LogP contribution < -0.4 is 5.11 Å².